The van der Waals surface area contributed by atoms with Gasteiger partial charge in [-0.05, 0) is 34.1 Å². The molecule has 19 heavy (non-hydrogen) atoms. The molecule has 0 saturated heterocycles. The minimum Gasteiger partial charge on any atom is -0.372 e. The van der Waals surface area contributed by atoms with Gasteiger partial charge >= 0.3 is 0 Å². The second-order valence-corrected chi connectivity index (χ2v) is 4.88. The van der Waals surface area contributed by atoms with Crippen LogP contribution in [0.15, 0.2) is 35.1 Å². The highest BCUT2D eigenvalue weighted by Crippen LogP contribution is 2.25. The molecule has 0 atom stereocenters. The zero-order valence-electron chi connectivity index (χ0n) is 9.95. The lowest BCUT2D eigenvalue weighted by molar-refractivity contribution is 0.102. The molecule has 0 aliphatic carbocycles. The van der Waals surface area contributed by atoms with Crippen molar-refractivity contribution in [2.45, 2.75) is 0 Å². The summed E-state index contributed by atoms with van der Waals surface area (Å²) >= 11 is 9.18. The van der Waals surface area contributed by atoms with E-state index in [-0.39, 0.29) is 11.6 Å². The molecule has 98 valence electrons. The topological polar surface area (TPSA) is 66.9 Å². The van der Waals surface area contributed by atoms with Crippen LogP contribution >= 0.6 is 27.5 Å². The lowest BCUT2D eigenvalue weighted by Gasteiger charge is -2.06. The first kappa shape index (κ1) is 13.8. The van der Waals surface area contributed by atoms with E-state index in [1.807, 2.05) is 0 Å². The van der Waals surface area contributed by atoms with Crippen molar-refractivity contribution >= 4 is 44.9 Å². The molecule has 2 N–H and O–H groups in total. The second kappa shape index (κ2) is 5.99. The largest absolute Gasteiger partial charge is 0.372 e. The van der Waals surface area contributed by atoms with Gasteiger partial charge in [0.25, 0.3) is 5.91 Å². The van der Waals surface area contributed by atoms with E-state index in [0.717, 1.165) is 0 Å². The van der Waals surface area contributed by atoms with Crippen molar-refractivity contribution in [1.29, 1.82) is 0 Å². The molecule has 5 nitrogen and oxygen atoms in total. The first-order chi connectivity index (χ1) is 9.10. The summed E-state index contributed by atoms with van der Waals surface area (Å²) in [5.41, 5.74) is 0.857. The van der Waals surface area contributed by atoms with Crippen LogP contribution in [-0.4, -0.2) is 22.9 Å². The third-order valence-electron chi connectivity index (χ3n) is 2.30. The summed E-state index contributed by atoms with van der Waals surface area (Å²) in [6.45, 7) is 0. The lowest BCUT2D eigenvalue weighted by atomic mass is 10.3. The fourth-order valence-corrected chi connectivity index (χ4v) is 1.86. The summed E-state index contributed by atoms with van der Waals surface area (Å²) in [4.78, 5) is 20.0. The van der Waals surface area contributed by atoms with E-state index in [9.17, 15) is 4.79 Å². The molecule has 0 radical (unpaired) electrons. The number of carbonyl (C=O) groups excluding carboxylic acids is 1. The summed E-state index contributed by atoms with van der Waals surface area (Å²) in [6.07, 6.45) is 2.94. The van der Waals surface area contributed by atoms with Crippen LogP contribution in [0.25, 0.3) is 0 Å². The van der Waals surface area contributed by atoms with Crippen molar-refractivity contribution in [3.05, 3.63) is 45.8 Å². The molecule has 0 aliphatic heterocycles. The Balaban J connectivity index is 2.18. The van der Waals surface area contributed by atoms with E-state index >= 15 is 0 Å². The number of aromatic nitrogens is 2. The van der Waals surface area contributed by atoms with Crippen LogP contribution in [0.5, 0.6) is 0 Å². The molecule has 1 amide bonds. The van der Waals surface area contributed by atoms with Gasteiger partial charge in [0.1, 0.15) is 11.5 Å². The third kappa shape index (κ3) is 3.42. The van der Waals surface area contributed by atoms with Crippen LogP contribution < -0.4 is 10.6 Å². The maximum absolute atomic E-state index is 12.0. The molecular weight excluding hydrogens is 332 g/mol. The van der Waals surface area contributed by atoms with Crippen molar-refractivity contribution in [1.82, 2.24) is 9.97 Å². The second-order valence-electron chi connectivity index (χ2n) is 3.62. The highest BCUT2D eigenvalue weighted by Gasteiger charge is 2.09. The molecule has 0 aliphatic rings. The molecule has 0 bridgehead atoms. The van der Waals surface area contributed by atoms with Crippen molar-refractivity contribution in [3.8, 4) is 0 Å². The summed E-state index contributed by atoms with van der Waals surface area (Å²) in [5, 5.41) is 6.12. The fourth-order valence-electron chi connectivity index (χ4n) is 1.36. The number of benzene rings is 1. The van der Waals surface area contributed by atoms with Gasteiger partial charge < -0.3 is 10.6 Å². The normalized spacial score (nSPS) is 10.1. The Kier molecular flexibility index (Phi) is 4.34. The Morgan fingerprint density at radius 2 is 2.16 bits per heavy atom. The van der Waals surface area contributed by atoms with Crippen LogP contribution in [-0.2, 0) is 0 Å². The smallest absolute Gasteiger partial charge is 0.275 e. The third-order valence-corrected chi connectivity index (χ3v) is 3.51. The monoisotopic (exact) mass is 340 g/mol. The molecule has 2 rings (SSSR count). The molecule has 2 aromatic rings. The number of hydrogen-bond donors (Lipinski definition) is 2. The highest BCUT2D eigenvalue weighted by atomic mass is 79.9. The van der Waals surface area contributed by atoms with Gasteiger partial charge in [0, 0.05) is 17.2 Å². The molecule has 1 aromatic carbocycles. The van der Waals surface area contributed by atoms with Crippen LogP contribution in [0.1, 0.15) is 10.5 Å². The Morgan fingerprint density at radius 3 is 2.84 bits per heavy atom. The van der Waals surface area contributed by atoms with Gasteiger partial charge in [0.2, 0.25) is 0 Å². The molecule has 7 heteroatoms. The minimum atomic E-state index is -0.334. The molecule has 0 spiro atoms. The Bertz CT molecular complexity index is 620. The predicted molar refractivity (Wildman–Crippen MR) is 78.7 cm³/mol. The Hall–Kier alpha value is -1.66. The maximum atomic E-state index is 12.0. The SMILES string of the molecule is CNc1cncc(C(=O)Nc2ccc(Cl)c(Br)c2)n1. The number of carbonyl (C=O) groups is 1. The van der Waals surface area contributed by atoms with Crippen LogP contribution in [0.3, 0.4) is 0 Å². The zero-order valence-corrected chi connectivity index (χ0v) is 12.3. The van der Waals surface area contributed by atoms with Crippen molar-refractivity contribution in [3.63, 3.8) is 0 Å². The first-order valence-corrected chi connectivity index (χ1v) is 6.53. The summed E-state index contributed by atoms with van der Waals surface area (Å²) in [5.74, 6) is 0.198. The average Bonchev–Trinajstić information content (AvgIpc) is 2.43. The fraction of sp³-hybridized carbons (Fsp3) is 0.0833. The van der Waals surface area contributed by atoms with Crippen molar-refractivity contribution in [2.24, 2.45) is 0 Å². The Morgan fingerprint density at radius 1 is 1.37 bits per heavy atom. The number of hydrogen-bond acceptors (Lipinski definition) is 4. The lowest BCUT2D eigenvalue weighted by Crippen LogP contribution is -2.14. The van der Waals surface area contributed by atoms with Gasteiger partial charge in [-0.1, -0.05) is 11.6 Å². The van der Waals surface area contributed by atoms with Gasteiger partial charge in [0.15, 0.2) is 0 Å². The average molecular weight is 342 g/mol. The van der Waals surface area contributed by atoms with Crippen molar-refractivity contribution in [2.75, 3.05) is 17.7 Å². The standard InChI is InChI=1S/C12H10BrClN4O/c1-15-11-6-16-5-10(18-11)12(19)17-7-2-3-9(14)8(13)4-7/h2-6H,1H3,(H,15,18)(H,17,19). The maximum Gasteiger partial charge on any atom is 0.275 e. The number of nitrogens with zero attached hydrogens (tertiary/aromatic N) is 2. The Labute approximate surface area is 123 Å². The van der Waals surface area contributed by atoms with Crippen molar-refractivity contribution < 1.29 is 4.79 Å². The number of halogens is 2. The van der Waals surface area contributed by atoms with Crippen LogP contribution in [0.4, 0.5) is 11.5 Å². The van der Waals surface area contributed by atoms with E-state index in [2.05, 4.69) is 36.5 Å². The minimum absolute atomic E-state index is 0.234. The van der Waals surface area contributed by atoms with E-state index in [4.69, 9.17) is 11.6 Å². The number of amides is 1. The van der Waals surface area contributed by atoms with Gasteiger partial charge in [-0.2, -0.15) is 0 Å². The van der Waals surface area contributed by atoms with Gasteiger partial charge in [0.05, 0.1) is 17.4 Å². The number of nitrogens with one attached hydrogen (secondary N) is 2. The van der Waals surface area contributed by atoms with Crippen LogP contribution in [0, 0.1) is 0 Å². The zero-order chi connectivity index (χ0) is 13.8. The summed E-state index contributed by atoms with van der Waals surface area (Å²) in [6, 6.07) is 5.12. The molecule has 0 fully saturated rings. The molecule has 1 aromatic heterocycles. The van der Waals surface area contributed by atoms with Gasteiger partial charge in [-0.25, -0.2) is 4.98 Å². The van der Waals surface area contributed by atoms with E-state index in [1.165, 1.54) is 12.4 Å². The number of rotatable bonds is 3. The van der Waals surface area contributed by atoms with Gasteiger partial charge in [-0.3, -0.25) is 9.78 Å². The van der Waals surface area contributed by atoms with E-state index in [0.29, 0.717) is 21.0 Å². The van der Waals surface area contributed by atoms with E-state index in [1.54, 1.807) is 25.2 Å². The summed E-state index contributed by atoms with van der Waals surface area (Å²) in [7, 11) is 1.71. The summed E-state index contributed by atoms with van der Waals surface area (Å²) < 4.78 is 0.710. The number of anilines is 2. The first-order valence-electron chi connectivity index (χ1n) is 5.36. The highest BCUT2D eigenvalue weighted by molar-refractivity contribution is 9.10. The molecule has 0 saturated carbocycles. The van der Waals surface area contributed by atoms with Gasteiger partial charge in [-0.15, -0.1) is 0 Å². The molecule has 1 heterocycles. The predicted octanol–water partition coefficient (Wildman–Crippen LogP) is 3.19. The van der Waals surface area contributed by atoms with Crippen LogP contribution in [0.2, 0.25) is 5.02 Å². The quantitative estimate of drug-likeness (QED) is 0.900. The molecular formula is C12H10BrClN4O. The van der Waals surface area contributed by atoms with E-state index < -0.39 is 0 Å². The molecule has 0 unspecified atom stereocenters.